The Morgan fingerprint density at radius 1 is 1.43 bits per heavy atom. The number of hydrogen-bond acceptors (Lipinski definition) is 6. The molecular formula is C12H15NO6S2. The van der Waals surface area contributed by atoms with E-state index in [1.54, 1.807) is 0 Å². The van der Waals surface area contributed by atoms with E-state index in [-0.39, 0.29) is 40.7 Å². The minimum absolute atomic E-state index is 0.0250. The van der Waals surface area contributed by atoms with Gasteiger partial charge < -0.3 is 14.8 Å². The van der Waals surface area contributed by atoms with Crippen LogP contribution in [0, 0.1) is 0 Å². The van der Waals surface area contributed by atoms with Crippen LogP contribution in [0.2, 0.25) is 0 Å². The largest absolute Gasteiger partial charge is 0.475 e. The van der Waals surface area contributed by atoms with Crippen molar-refractivity contribution in [2.24, 2.45) is 0 Å². The van der Waals surface area contributed by atoms with Crippen LogP contribution in [0.15, 0.2) is 16.5 Å². The van der Waals surface area contributed by atoms with Gasteiger partial charge in [0.2, 0.25) is 11.7 Å². The highest BCUT2D eigenvalue weighted by Crippen LogP contribution is 2.23. The molecule has 1 amide bonds. The summed E-state index contributed by atoms with van der Waals surface area (Å²) in [6.45, 7) is 0.107. The van der Waals surface area contributed by atoms with Crippen molar-refractivity contribution in [2.75, 3.05) is 17.3 Å². The molecule has 0 aliphatic carbocycles. The lowest BCUT2D eigenvalue weighted by molar-refractivity contribution is -0.118. The van der Waals surface area contributed by atoms with Gasteiger partial charge in [0.1, 0.15) is 5.76 Å². The molecule has 0 spiro atoms. The van der Waals surface area contributed by atoms with Crippen LogP contribution in [-0.4, -0.2) is 47.9 Å². The predicted molar refractivity (Wildman–Crippen MR) is 77.0 cm³/mol. The maximum atomic E-state index is 11.6. The molecule has 1 aromatic rings. The van der Waals surface area contributed by atoms with Crippen LogP contribution in [0.4, 0.5) is 0 Å². The number of rotatable bonds is 6. The van der Waals surface area contributed by atoms with E-state index in [2.05, 4.69) is 5.32 Å². The minimum atomic E-state index is -2.93. The molecule has 2 heterocycles. The number of carboxylic acids is 1. The molecule has 0 aromatic carbocycles. The van der Waals surface area contributed by atoms with Crippen LogP contribution in [0.1, 0.15) is 22.7 Å². The highest BCUT2D eigenvalue weighted by Gasteiger charge is 2.28. The van der Waals surface area contributed by atoms with Crippen molar-refractivity contribution in [1.29, 1.82) is 0 Å². The highest BCUT2D eigenvalue weighted by atomic mass is 32.2. The van der Waals surface area contributed by atoms with E-state index >= 15 is 0 Å². The molecule has 0 bridgehead atoms. The average molecular weight is 333 g/mol. The van der Waals surface area contributed by atoms with E-state index < -0.39 is 15.8 Å². The Morgan fingerprint density at radius 3 is 2.76 bits per heavy atom. The zero-order valence-corrected chi connectivity index (χ0v) is 12.7. The third-order valence-electron chi connectivity index (χ3n) is 2.97. The lowest BCUT2D eigenvalue weighted by atomic mass is 10.4. The number of thioether (sulfide) groups is 1. The number of carbonyl (C=O) groups is 2. The normalized spacial score (nSPS) is 20.3. The first-order valence-electron chi connectivity index (χ1n) is 6.26. The second-order valence-corrected chi connectivity index (χ2v) is 8.20. The van der Waals surface area contributed by atoms with E-state index in [9.17, 15) is 18.0 Å². The van der Waals surface area contributed by atoms with E-state index in [4.69, 9.17) is 9.52 Å². The number of hydrogen-bond donors (Lipinski definition) is 2. The second kappa shape index (κ2) is 6.52. The summed E-state index contributed by atoms with van der Waals surface area (Å²) < 4.78 is 27.6. The van der Waals surface area contributed by atoms with Crippen molar-refractivity contribution < 1.29 is 27.5 Å². The zero-order valence-electron chi connectivity index (χ0n) is 11.1. The van der Waals surface area contributed by atoms with Crippen LogP contribution < -0.4 is 5.32 Å². The van der Waals surface area contributed by atoms with E-state index in [0.717, 1.165) is 0 Å². The van der Waals surface area contributed by atoms with Gasteiger partial charge >= 0.3 is 5.97 Å². The van der Waals surface area contributed by atoms with Gasteiger partial charge in [-0.25, -0.2) is 13.2 Å². The quantitative estimate of drug-likeness (QED) is 0.780. The van der Waals surface area contributed by atoms with Gasteiger partial charge in [-0.2, -0.15) is 0 Å². The van der Waals surface area contributed by atoms with Crippen molar-refractivity contribution in [3.8, 4) is 0 Å². The third kappa shape index (κ3) is 4.78. The molecule has 1 fully saturated rings. The summed E-state index contributed by atoms with van der Waals surface area (Å²) in [5.41, 5.74) is 0. The molecular weight excluding hydrogens is 318 g/mol. The Kier molecular flexibility index (Phi) is 4.94. The first-order valence-corrected chi connectivity index (χ1v) is 9.13. The number of aromatic carboxylic acids is 1. The van der Waals surface area contributed by atoms with E-state index in [1.807, 2.05) is 0 Å². The standard InChI is InChI=1S/C12H15NO6S2/c14-11(6-20-9-3-4-21(17,18)7-9)13-5-8-1-2-10(19-8)12(15)16/h1-2,9H,3-7H2,(H,13,14)(H,15,16). The Morgan fingerprint density at radius 2 is 2.19 bits per heavy atom. The van der Waals surface area contributed by atoms with Gasteiger partial charge in [0.05, 0.1) is 23.8 Å². The topological polar surface area (TPSA) is 114 Å². The first-order chi connectivity index (χ1) is 9.85. The molecule has 1 aliphatic heterocycles. The van der Waals surface area contributed by atoms with Gasteiger partial charge in [0, 0.05) is 5.25 Å². The number of nitrogens with one attached hydrogen (secondary N) is 1. The molecule has 116 valence electrons. The second-order valence-electron chi connectivity index (χ2n) is 4.68. The molecule has 1 aliphatic rings. The summed E-state index contributed by atoms with van der Waals surface area (Å²) in [6.07, 6.45) is 0.584. The first kappa shape index (κ1) is 15.9. The minimum Gasteiger partial charge on any atom is -0.475 e. The summed E-state index contributed by atoms with van der Waals surface area (Å²) in [7, 11) is -2.93. The summed E-state index contributed by atoms with van der Waals surface area (Å²) in [5.74, 6) is -0.726. The van der Waals surface area contributed by atoms with Crippen LogP contribution >= 0.6 is 11.8 Å². The Bertz CT molecular complexity index is 636. The van der Waals surface area contributed by atoms with Crippen molar-refractivity contribution >= 4 is 33.5 Å². The fourth-order valence-corrected chi connectivity index (χ4v) is 5.38. The van der Waals surface area contributed by atoms with E-state index in [0.29, 0.717) is 12.2 Å². The van der Waals surface area contributed by atoms with E-state index in [1.165, 1.54) is 23.9 Å². The van der Waals surface area contributed by atoms with Crippen LogP contribution in [0.25, 0.3) is 0 Å². The van der Waals surface area contributed by atoms with Crippen molar-refractivity contribution in [2.45, 2.75) is 18.2 Å². The molecule has 21 heavy (non-hydrogen) atoms. The smallest absolute Gasteiger partial charge is 0.371 e. The number of carbonyl (C=O) groups excluding carboxylic acids is 1. The fraction of sp³-hybridized carbons (Fsp3) is 0.500. The zero-order chi connectivity index (χ0) is 15.5. The highest BCUT2D eigenvalue weighted by molar-refractivity contribution is 8.02. The monoisotopic (exact) mass is 333 g/mol. The van der Waals surface area contributed by atoms with Gasteiger partial charge in [-0.3, -0.25) is 4.79 Å². The summed E-state index contributed by atoms with van der Waals surface area (Å²) in [6, 6.07) is 2.81. The maximum absolute atomic E-state index is 11.6. The number of sulfone groups is 1. The predicted octanol–water partition coefficient (Wildman–Crippen LogP) is 0.514. The summed E-state index contributed by atoms with van der Waals surface area (Å²) >= 11 is 1.32. The number of carboxylic acid groups (broad SMARTS) is 1. The lowest BCUT2D eigenvalue weighted by Crippen LogP contribution is -2.25. The Hall–Kier alpha value is -1.48. The lowest BCUT2D eigenvalue weighted by Gasteiger charge is -2.07. The van der Waals surface area contributed by atoms with Gasteiger partial charge in [0.25, 0.3) is 0 Å². The molecule has 9 heteroatoms. The number of amides is 1. The Labute approximate surface area is 126 Å². The molecule has 1 saturated heterocycles. The van der Waals surface area contributed by atoms with Gasteiger partial charge in [-0.05, 0) is 18.6 Å². The summed E-state index contributed by atoms with van der Waals surface area (Å²) in [5, 5.41) is 11.3. The average Bonchev–Trinajstić information content (AvgIpc) is 3.00. The number of furan rings is 1. The molecule has 0 radical (unpaired) electrons. The van der Waals surface area contributed by atoms with Gasteiger partial charge in [-0.1, -0.05) is 0 Å². The van der Waals surface area contributed by atoms with Crippen molar-refractivity contribution in [1.82, 2.24) is 5.32 Å². The third-order valence-corrected chi connectivity index (χ3v) is 6.25. The van der Waals surface area contributed by atoms with Crippen molar-refractivity contribution in [3.05, 3.63) is 23.7 Å². The van der Waals surface area contributed by atoms with Crippen LogP contribution in [-0.2, 0) is 21.2 Å². The SMILES string of the molecule is O=C(CSC1CCS(=O)(=O)C1)NCc1ccc(C(=O)O)o1. The molecule has 2 N–H and O–H groups in total. The fourth-order valence-electron chi connectivity index (χ4n) is 1.91. The van der Waals surface area contributed by atoms with Gasteiger partial charge in [-0.15, -0.1) is 11.8 Å². The van der Waals surface area contributed by atoms with Crippen molar-refractivity contribution in [3.63, 3.8) is 0 Å². The molecule has 1 unspecified atom stereocenters. The molecule has 0 saturated carbocycles. The molecule has 2 rings (SSSR count). The van der Waals surface area contributed by atoms with Gasteiger partial charge in [0.15, 0.2) is 9.84 Å². The Balaban J connectivity index is 1.71. The van der Waals surface area contributed by atoms with Crippen LogP contribution in [0.3, 0.4) is 0 Å². The van der Waals surface area contributed by atoms with Crippen LogP contribution in [0.5, 0.6) is 0 Å². The summed E-state index contributed by atoms with van der Waals surface area (Å²) in [4.78, 5) is 22.3. The molecule has 1 aromatic heterocycles. The molecule has 7 nitrogen and oxygen atoms in total. The maximum Gasteiger partial charge on any atom is 0.371 e. The molecule has 1 atom stereocenters.